The van der Waals surface area contributed by atoms with Crippen LogP contribution in [0.5, 0.6) is 0 Å². The Hall–Kier alpha value is -0.520. The van der Waals surface area contributed by atoms with Crippen molar-refractivity contribution >= 4 is 33.7 Å². The SMILES string of the molecule is CCCNC(C)(CCSc1ccccc1Br)C(=O)O. The maximum atomic E-state index is 11.4. The van der Waals surface area contributed by atoms with Gasteiger partial charge in [0.25, 0.3) is 0 Å². The van der Waals surface area contributed by atoms with Gasteiger partial charge in [0.05, 0.1) is 0 Å². The predicted molar refractivity (Wildman–Crippen MR) is 83.8 cm³/mol. The molecule has 3 nitrogen and oxygen atoms in total. The largest absolute Gasteiger partial charge is 0.480 e. The molecule has 0 fully saturated rings. The number of carboxylic acid groups (broad SMARTS) is 1. The van der Waals surface area contributed by atoms with Gasteiger partial charge in [0, 0.05) is 15.1 Å². The van der Waals surface area contributed by atoms with Gasteiger partial charge in [-0.15, -0.1) is 11.8 Å². The van der Waals surface area contributed by atoms with E-state index in [9.17, 15) is 9.90 Å². The molecule has 106 valence electrons. The highest BCUT2D eigenvalue weighted by molar-refractivity contribution is 9.10. The van der Waals surface area contributed by atoms with Crippen molar-refractivity contribution < 1.29 is 9.90 Å². The molecule has 0 aromatic heterocycles. The molecule has 0 bridgehead atoms. The van der Waals surface area contributed by atoms with Crippen LogP contribution in [0.4, 0.5) is 0 Å². The molecule has 1 rings (SSSR count). The first-order chi connectivity index (χ1) is 8.99. The smallest absolute Gasteiger partial charge is 0.323 e. The van der Waals surface area contributed by atoms with E-state index in [1.54, 1.807) is 18.7 Å². The number of carboxylic acids is 1. The highest BCUT2D eigenvalue weighted by Gasteiger charge is 2.31. The molecule has 0 aliphatic carbocycles. The zero-order valence-corrected chi connectivity index (χ0v) is 13.7. The van der Waals surface area contributed by atoms with Crippen LogP contribution in [-0.2, 0) is 4.79 Å². The summed E-state index contributed by atoms with van der Waals surface area (Å²) in [5.41, 5.74) is -0.843. The maximum Gasteiger partial charge on any atom is 0.323 e. The van der Waals surface area contributed by atoms with E-state index in [2.05, 4.69) is 21.2 Å². The monoisotopic (exact) mass is 345 g/mol. The molecular formula is C14H20BrNO2S. The summed E-state index contributed by atoms with van der Waals surface area (Å²) in [5.74, 6) is -0.0176. The first kappa shape index (κ1) is 16.5. The van der Waals surface area contributed by atoms with Gasteiger partial charge in [-0.2, -0.15) is 0 Å². The van der Waals surface area contributed by atoms with E-state index >= 15 is 0 Å². The minimum Gasteiger partial charge on any atom is -0.480 e. The number of halogens is 1. The molecule has 0 aliphatic heterocycles. The molecule has 0 radical (unpaired) electrons. The van der Waals surface area contributed by atoms with Gasteiger partial charge in [-0.3, -0.25) is 4.79 Å². The van der Waals surface area contributed by atoms with E-state index in [1.807, 2.05) is 31.2 Å². The normalized spacial score (nSPS) is 14.1. The Morgan fingerprint density at radius 3 is 2.74 bits per heavy atom. The van der Waals surface area contributed by atoms with Gasteiger partial charge in [-0.1, -0.05) is 19.1 Å². The molecule has 1 aromatic rings. The Bertz CT molecular complexity index is 428. The fraction of sp³-hybridized carbons (Fsp3) is 0.500. The zero-order chi connectivity index (χ0) is 14.3. The Morgan fingerprint density at radius 2 is 2.16 bits per heavy atom. The van der Waals surface area contributed by atoms with E-state index in [4.69, 9.17) is 0 Å². The Balaban J connectivity index is 2.53. The first-order valence-electron chi connectivity index (χ1n) is 6.35. The zero-order valence-electron chi connectivity index (χ0n) is 11.3. The standard InChI is InChI=1S/C14H20BrNO2S/c1-3-9-16-14(2,13(17)18)8-10-19-12-7-5-4-6-11(12)15/h4-7,16H,3,8-10H2,1-2H3,(H,17,18). The summed E-state index contributed by atoms with van der Waals surface area (Å²) in [6.07, 6.45) is 1.52. The lowest BCUT2D eigenvalue weighted by molar-refractivity contribution is -0.144. The van der Waals surface area contributed by atoms with Crippen molar-refractivity contribution in [3.8, 4) is 0 Å². The molecule has 0 amide bonds. The second kappa shape index (κ2) is 7.92. The molecule has 1 aromatic carbocycles. The topological polar surface area (TPSA) is 49.3 Å². The fourth-order valence-electron chi connectivity index (χ4n) is 1.60. The minimum absolute atomic E-state index is 0.592. The molecule has 1 unspecified atom stereocenters. The Kier molecular flexibility index (Phi) is 6.89. The van der Waals surface area contributed by atoms with Crippen molar-refractivity contribution in [1.82, 2.24) is 5.32 Å². The average molecular weight is 346 g/mol. The van der Waals surface area contributed by atoms with Gasteiger partial charge in [-0.05, 0) is 54.4 Å². The van der Waals surface area contributed by atoms with Crippen molar-refractivity contribution in [2.24, 2.45) is 0 Å². The van der Waals surface area contributed by atoms with Crippen molar-refractivity contribution in [3.63, 3.8) is 0 Å². The lowest BCUT2D eigenvalue weighted by Gasteiger charge is -2.26. The van der Waals surface area contributed by atoms with Gasteiger partial charge < -0.3 is 10.4 Å². The van der Waals surface area contributed by atoms with Crippen LogP contribution in [0.2, 0.25) is 0 Å². The van der Waals surface area contributed by atoms with Crippen LogP contribution in [0.15, 0.2) is 33.6 Å². The molecule has 1 atom stereocenters. The van der Waals surface area contributed by atoms with Gasteiger partial charge in [-0.25, -0.2) is 0 Å². The predicted octanol–water partition coefficient (Wildman–Crippen LogP) is 3.77. The van der Waals surface area contributed by atoms with Gasteiger partial charge in [0.15, 0.2) is 0 Å². The molecule has 0 aliphatic rings. The summed E-state index contributed by atoms with van der Waals surface area (Å²) < 4.78 is 1.05. The van der Waals surface area contributed by atoms with Crippen LogP contribution in [0, 0.1) is 0 Å². The lowest BCUT2D eigenvalue weighted by Crippen LogP contribution is -2.50. The highest BCUT2D eigenvalue weighted by atomic mass is 79.9. The van der Waals surface area contributed by atoms with Crippen LogP contribution in [0.1, 0.15) is 26.7 Å². The third-order valence-electron chi connectivity index (χ3n) is 2.93. The first-order valence-corrected chi connectivity index (χ1v) is 8.13. The number of benzene rings is 1. The summed E-state index contributed by atoms with van der Waals surface area (Å²) in [4.78, 5) is 12.5. The van der Waals surface area contributed by atoms with Crippen LogP contribution in [-0.4, -0.2) is 28.9 Å². The van der Waals surface area contributed by atoms with Gasteiger partial charge >= 0.3 is 5.97 Å². The van der Waals surface area contributed by atoms with Crippen molar-refractivity contribution in [3.05, 3.63) is 28.7 Å². The third kappa shape index (κ3) is 5.16. The van der Waals surface area contributed by atoms with Gasteiger partial charge in [0.2, 0.25) is 0 Å². The summed E-state index contributed by atoms with van der Waals surface area (Å²) in [5, 5.41) is 12.5. The van der Waals surface area contributed by atoms with Crippen LogP contribution < -0.4 is 5.32 Å². The quantitative estimate of drug-likeness (QED) is 0.704. The molecule has 0 saturated heterocycles. The average Bonchev–Trinajstić information content (AvgIpc) is 2.38. The van der Waals surface area contributed by atoms with Crippen LogP contribution in [0.3, 0.4) is 0 Å². The van der Waals surface area contributed by atoms with E-state index in [1.165, 1.54) is 0 Å². The summed E-state index contributed by atoms with van der Waals surface area (Å²) >= 11 is 5.17. The second-order valence-electron chi connectivity index (χ2n) is 4.59. The Morgan fingerprint density at radius 1 is 1.47 bits per heavy atom. The number of hydrogen-bond donors (Lipinski definition) is 2. The van der Waals surface area contributed by atoms with E-state index in [-0.39, 0.29) is 0 Å². The number of aliphatic carboxylic acids is 1. The van der Waals surface area contributed by atoms with E-state index in [0.29, 0.717) is 6.42 Å². The van der Waals surface area contributed by atoms with Gasteiger partial charge in [0.1, 0.15) is 5.54 Å². The maximum absolute atomic E-state index is 11.4. The van der Waals surface area contributed by atoms with Crippen molar-refractivity contribution in [2.45, 2.75) is 37.1 Å². The summed E-state index contributed by atoms with van der Waals surface area (Å²) in [6, 6.07) is 7.98. The number of rotatable bonds is 8. The number of nitrogens with one attached hydrogen (secondary N) is 1. The van der Waals surface area contributed by atoms with Crippen molar-refractivity contribution in [1.29, 1.82) is 0 Å². The molecule has 2 N–H and O–H groups in total. The van der Waals surface area contributed by atoms with Crippen LogP contribution >= 0.6 is 27.7 Å². The molecule has 0 spiro atoms. The van der Waals surface area contributed by atoms with Crippen molar-refractivity contribution in [2.75, 3.05) is 12.3 Å². The van der Waals surface area contributed by atoms with Crippen LogP contribution in [0.25, 0.3) is 0 Å². The summed E-state index contributed by atoms with van der Waals surface area (Å²) in [7, 11) is 0. The van der Waals surface area contributed by atoms with E-state index in [0.717, 1.165) is 28.1 Å². The minimum atomic E-state index is -0.843. The number of hydrogen-bond acceptors (Lipinski definition) is 3. The number of carbonyl (C=O) groups is 1. The second-order valence-corrected chi connectivity index (χ2v) is 6.58. The third-order valence-corrected chi connectivity index (χ3v) is 4.96. The Labute approximate surface area is 127 Å². The summed E-state index contributed by atoms with van der Waals surface area (Å²) in [6.45, 7) is 4.51. The fourth-order valence-corrected chi connectivity index (χ4v) is 3.34. The lowest BCUT2D eigenvalue weighted by atomic mass is 9.99. The molecule has 5 heteroatoms. The van der Waals surface area contributed by atoms with E-state index < -0.39 is 11.5 Å². The molecule has 0 saturated carbocycles. The molecular weight excluding hydrogens is 326 g/mol. The molecule has 19 heavy (non-hydrogen) atoms. The molecule has 0 heterocycles. The number of thioether (sulfide) groups is 1. The highest BCUT2D eigenvalue weighted by Crippen LogP contribution is 2.28.